The molecule has 0 bridgehead atoms. The van der Waals surface area contributed by atoms with Crippen molar-refractivity contribution in [1.29, 1.82) is 0 Å². The number of H-pyrrole nitrogens is 1. The number of carbonyl (C=O) groups excluding carboxylic acids is 2. The van der Waals surface area contributed by atoms with Gasteiger partial charge in [-0.15, -0.1) is 0 Å². The number of nitrogens with zero attached hydrogens (tertiary/aromatic N) is 2. The summed E-state index contributed by atoms with van der Waals surface area (Å²) in [6.07, 6.45) is 2.54. The number of likely N-dealkylation sites (tertiary alicyclic amines) is 1. The Kier molecular flexibility index (Phi) is 7.47. The highest BCUT2D eigenvalue weighted by Crippen LogP contribution is 2.43. The normalized spacial score (nSPS) is 19.5. The van der Waals surface area contributed by atoms with Gasteiger partial charge in [-0.3, -0.25) is 14.4 Å². The second-order valence-electron chi connectivity index (χ2n) is 9.61. The molecule has 0 radical (unpaired) electrons. The van der Waals surface area contributed by atoms with E-state index in [-0.39, 0.29) is 24.5 Å². The monoisotopic (exact) mass is 457 g/mol. The molecule has 1 spiro atoms. The maximum Gasteiger partial charge on any atom is 0.312 e. The Balaban J connectivity index is 0.000000968. The van der Waals surface area contributed by atoms with E-state index in [0.717, 1.165) is 29.7 Å². The van der Waals surface area contributed by atoms with Crippen LogP contribution < -0.4 is 0 Å². The molecule has 8 heteroatoms. The Labute approximate surface area is 194 Å². The number of benzene rings is 1. The molecule has 2 aromatic rings. The van der Waals surface area contributed by atoms with Gasteiger partial charge in [-0.2, -0.15) is 0 Å². The molecule has 0 saturated carbocycles. The first kappa shape index (κ1) is 24.8. The van der Waals surface area contributed by atoms with Crippen molar-refractivity contribution < 1.29 is 24.2 Å². The van der Waals surface area contributed by atoms with Gasteiger partial charge in [0, 0.05) is 42.7 Å². The van der Waals surface area contributed by atoms with Gasteiger partial charge in [-0.05, 0) is 64.4 Å². The molecule has 1 atom stereocenters. The van der Waals surface area contributed by atoms with E-state index in [0.29, 0.717) is 32.4 Å². The summed E-state index contributed by atoms with van der Waals surface area (Å²) in [5, 5.41) is 8.07. The minimum Gasteiger partial charge on any atom is -0.483 e. The Hall–Kier alpha value is -2.87. The van der Waals surface area contributed by atoms with Crippen molar-refractivity contribution in [3.8, 4) is 0 Å². The van der Waals surface area contributed by atoms with Gasteiger partial charge in [0.1, 0.15) is 6.10 Å². The molecule has 2 aliphatic heterocycles. The fraction of sp³-hybridized carbons (Fsp3) is 0.560. The van der Waals surface area contributed by atoms with Crippen LogP contribution in [0.15, 0.2) is 12.1 Å². The average molecular weight is 458 g/mol. The Morgan fingerprint density at radius 3 is 2.45 bits per heavy atom. The number of aryl methyl sites for hydroxylation is 3. The minimum absolute atomic E-state index is 0.0326. The fourth-order valence-corrected chi connectivity index (χ4v) is 5.23. The Bertz CT molecular complexity index is 1030. The molecule has 1 unspecified atom stereocenters. The number of carbonyl (C=O) groups is 3. The summed E-state index contributed by atoms with van der Waals surface area (Å²) in [7, 11) is 3.99. The maximum absolute atomic E-state index is 13.1. The predicted octanol–water partition coefficient (Wildman–Crippen LogP) is 2.82. The van der Waals surface area contributed by atoms with Gasteiger partial charge in [-0.1, -0.05) is 12.1 Å². The molecule has 8 nitrogen and oxygen atoms in total. The molecule has 2 saturated heterocycles. The summed E-state index contributed by atoms with van der Waals surface area (Å²) in [5.74, 6) is 0.0750. The van der Waals surface area contributed by atoms with Crippen LogP contribution in [0.5, 0.6) is 0 Å². The number of carboxylic acid groups (broad SMARTS) is 1. The van der Waals surface area contributed by atoms with E-state index in [4.69, 9.17) is 14.6 Å². The Morgan fingerprint density at radius 2 is 1.85 bits per heavy atom. The summed E-state index contributed by atoms with van der Waals surface area (Å²) in [5.41, 5.74) is 5.29. The number of aromatic amines is 1. The summed E-state index contributed by atoms with van der Waals surface area (Å²) in [6.45, 7) is 8.01. The molecule has 0 aliphatic carbocycles. The smallest absolute Gasteiger partial charge is 0.312 e. The molecule has 2 aliphatic rings. The minimum atomic E-state index is -0.401. The highest BCUT2D eigenvalue weighted by molar-refractivity contribution is 5.94. The molecule has 180 valence electrons. The van der Waals surface area contributed by atoms with Crippen LogP contribution >= 0.6 is 0 Å². The van der Waals surface area contributed by atoms with Crippen molar-refractivity contribution in [2.24, 2.45) is 5.41 Å². The molecular formula is C25H35N3O5. The third-order valence-corrected chi connectivity index (χ3v) is 6.98. The summed E-state index contributed by atoms with van der Waals surface area (Å²) < 4.78 is 5.65. The lowest BCUT2D eigenvalue weighted by Crippen LogP contribution is -2.45. The first-order valence-corrected chi connectivity index (χ1v) is 11.4. The molecule has 2 N–H and O–H groups in total. The lowest BCUT2D eigenvalue weighted by atomic mass is 9.76. The number of esters is 1. The van der Waals surface area contributed by atoms with E-state index in [1.807, 2.05) is 25.9 Å². The van der Waals surface area contributed by atoms with Gasteiger partial charge in [0.25, 0.3) is 6.47 Å². The number of cyclic esters (lactones) is 1. The summed E-state index contributed by atoms with van der Waals surface area (Å²) >= 11 is 0. The molecule has 1 amide bonds. The van der Waals surface area contributed by atoms with Crippen LogP contribution in [0.4, 0.5) is 0 Å². The molecular weight excluding hydrogens is 422 g/mol. The van der Waals surface area contributed by atoms with E-state index in [1.54, 1.807) is 0 Å². The number of nitrogens with one attached hydrogen (secondary N) is 1. The number of ether oxygens (including phenoxy) is 1. The molecule has 3 heterocycles. The topological polar surface area (TPSA) is 103 Å². The summed E-state index contributed by atoms with van der Waals surface area (Å²) in [4.78, 5) is 41.6. The van der Waals surface area contributed by atoms with E-state index in [1.165, 1.54) is 16.5 Å². The van der Waals surface area contributed by atoms with Gasteiger partial charge < -0.3 is 24.6 Å². The highest BCUT2D eigenvalue weighted by atomic mass is 16.6. The van der Waals surface area contributed by atoms with Crippen molar-refractivity contribution >= 4 is 29.3 Å². The Morgan fingerprint density at radius 1 is 1.24 bits per heavy atom. The van der Waals surface area contributed by atoms with E-state index in [2.05, 4.69) is 35.9 Å². The quantitative estimate of drug-likeness (QED) is 0.541. The number of piperidine rings is 1. The standard InChI is InChI=1S/C24H33N3O3.CH2O2/c1-15-6-7-16(2)22-21(15)19(17(3)25-22)12-20(28)27-10-8-24(9-11-27)13-18(14-26(4)5)30-23(24)29;2-1-3/h6-7,18,25H,8-14H2,1-5H3;1H,(H,2,3). The number of hydrogen-bond donors (Lipinski definition) is 2. The summed E-state index contributed by atoms with van der Waals surface area (Å²) in [6, 6.07) is 4.24. The van der Waals surface area contributed by atoms with Gasteiger partial charge in [0.15, 0.2) is 0 Å². The SMILES string of the molecule is Cc1[nH]c2c(C)ccc(C)c2c1CC(=O)N1CCC2(CC1)CC(CN(C)C)OC2=O.O=CO. The number of likely N-dealkylation sites (N-methyl/N-ethyl adjacent to an activating group) is 1. The van der Waals surface area contributed by atoms with Crippen molar-refractivity contribution in [3.05, 3.63) is 34.5 Å². The fourth-order valence-electron chi connectivity index (χ4n) is 5.23. The average Bonchev–Trinajstić information content (AvgIpc) is 3.23. The molecule has 1 aromatic carbocycles. The lowest BCUT2D eigenvalue weighted by Gasteiger charge is -2.36. The van der Waals surface area contributed by atoms with Crippen LogP contribution in [0.2, 0.25) is 0 Å². The van der Waals surface area contributed by atoms with E-state index < -0.39 is 5.41 Å². The van der Waals surface area contributed by atoms with Gasteiger partial charge in [0.05, 0.1) is 11.8 Å². The third kappa shape index (κ3) is 5.05. The van der Waals surface area contributed by atoms with Crippen LogP contribution in [-0.4, -0.2) is 78.1 Å². The van der Waals surface area contributed by atoms with Crippen LogP contribution in [0.25, 0.3) is 10.9 Å². The van der Waals surface area contributed by atoms with Crippen LogP contribution in [0.1, 0.15) is 41.6 Å². The molecule has 1 aromatic heterocycles. The second-order valence-corrected chi connectivity index (χ2v) is 9.61. The van der Waals surface area contributed by atoms with Crippen LogP contribution in [-0.2, 0) is 25.5 Å². The van der Waals surface area contributed by atoms with Gasteiger partial charge in [0.2, 0.25) is 5.91 Å². The zero-order valence-electron chi connectivity index (χ0n) is 20.2. The van der Waals surface area contributed by atoms with Crippen LogP contribution in [0, 0.1) is 26.2 Å². The van der Waals surface area contributed by atoms with E-state index in [9.17, 15) is 9.59 Å². The molecule has 2 fully saturated rings. The second kappa shape index (κ2) is 9.95. The van der Waals surface area contributed by atoms with Crippen LogP contribution in [0.3, 0.4) is 0 Å². The number of hydrogen-bond acceptors (Lipinski definition) is 5. The first-order chi connectivity index (χ1) is 15.6. The molecule has 33 heavy (non-hydrogen) atoms. The highest BCUT2D eigenvalue weighted by Gasteiger charge is 2.50. The third-order valence-electron chi connectivity index (χ3n) is 6.98. The first-order valence-electron chi connectivity index (χ1n) is 11.4. The largest absolute Gasteiger partial charge is 0.483 e. The zero-order valence-corrected chi connectivity index (χ0v) is 20.2. The molecule has 4 rings (SSSR count). The number of fused-ring (bicyclic) bond motifs is 1. The van der Waals surface area contributed by atoms with E-state index >= 15 is 0 Å². The number of aromatic nitrogens is 1. The van der Waals surface area contributed by atoms with Crippen molar-refractivity contribution in [2.45, 2.75) is 52.6 Å². The predicted molar refractivity (Wildman–Crippen MR) is 126 cm³/mol. The maximum atomic E-state index is 13.1. The van der Waals surface area contributed by atoms with Crippen molar-refractivity contribution in [2.75, 3.05) is 33.7 Å². The number of rotatable bonds is 4. The van der Waals surface area contributed by atoms with Crippen molar-refractivity contribution in [1.82, 2.24) is 14.8 Å². The van der Waals surface area contributed by atoms with Gasteiger partial charge >= 0.3 is 5.97 Å². The van der Waals surface area contributed by atoms with Crippen molar-refractivity contribution in [3.63, 3.8) is 0 Å². The van der Waals surface area contributed by atoms with Gasteiger partial charge in [-0.25, -0.2) is 0 Å². The zero-order chi connectivity index (χ0) is 24.3. The lowest BCUT2D eigenvalue weighted by molar-refractivity contribution is -0.152. The number of amides is 1.